The summed E-state index contributed by atoms with van der Waals surface area (Å²) in [5.74, 6) is -3.44. The summed E-state index contributed by atoms with van der Waals surface area (Å²) in [6, 6.07) is 3.41. The molecule has 2 aliphatic carbocycles. The summed E-state index contributed by atoms with van der Waals surface area (Å²) in [5.41, 5.74) is -0.0552. The Balaban J connectivity index is 1.34. The first-order valence-electron chi connectivity index (χ1n) is 16.9. The van der Waals surface area contributed by atoms with Gasteiger partial charge in [0.15, 0.2) is 0 Å². The van der Waals surface area contributed by atoms with Crippen molar-refractivity contribution in [1.29, 1.82) is 0 Å². The Hall–Kier alpha value is -4.01. The van der Waals surface area contributed by atoms with E-state index in [0.29, 0.717) is 29.9 Å². The van der Waals surface area contributed by atoms with Crippen molar-refractivity contribution in [2.75, 3.05) is 32.0 Å². The molecule has 1 aromatic carbocycles. The van der Waals surface area contributed by atoms with Gasteiger partial charge in [-0.2, -0.15) is 18.3 Å². The number of hydrogen-bond acceptors (Lipinski definition) is 6. The zero-order valence-corrected chi connectivity index (χ0v) is 28.2. The Morgan fingerprint density at radius 3 is 2.24 bits per heavy atom. The molecular formula is C34H45F4N7O4. The normalized spacial score (nSPS) is 20.4. The second-order valence-corrected chi connectivity index (χ2v) is 13.7. The summed E-state index contributed by atoms with van der Waals surface area (Å²) in [4.78, 5) is 57.1. The van der Waals surface area contributed by atoms with E-state index < -0.39 is 48.4 Å². The summed E-state index contributed by atoms with van der Waals surface area (Å²) in [7, 11) is 1.98. The number of nitrogens with one attached hydrogen (secondary N) is 3. The Morgan fingerprint density at radius 2 is 1.67 bits per heavy atom. The summed E-state index contributed by atoms with van der Waals surface area (Å²) < 4.78 is 55.6. The molecule has 11 nitrogen and oxygen atoms in total. The van der Waals surface area contributed by atoms with Crippen LogP contribution in [-0.4, -0.2) is 94.2 Å². The highest BCUT2D eigenvalue weighted by molar-refractivity contribution is 6.01. The molecule has 4 amide bonds. The zero-order valence-electron chi connectivity index (χ0n) is 28.2. The Morgan fingerprint density at radius 1 is 1.00 bits per heavy atom. The number of rotatable bonds is 13. The van der Waals surface area contributed by atoms with Crippen LogP contribution < -0.4 is 16.0 Å². The average molecular weight is 692 g/mol. The molecule has 2 heterocycles. The second kappa shape index (κ2) is 14.9. The molecule has 15 heteroatoms. The molecule has 1 saturated heterocycles. The molecule has 3 N–H and O–H groups in total. The van der Waals surface area contributed by atoms with Crippen LogP contribution in [0.25, 0.3) is 0 Å². The highest BCUT2D eigenvalue weighted by Crippen LogP contribution is 2.51. The third kappa shape index (κ3) is 8.97. The van der Waals surface area contributed by atoms with E-state index >= 15 is 4.39 Å². The van der Waals surface area contributed by atoms with Gasteiger partial charge in [0.1, 0.15) is 30.1 Å². The fourth-order valence-corrected chi connectivity index (χ4v) is 6.70. The number of likely N-dealkylation sites (N-methyl/N-ethyl adjacent to an activating group) is 1. The fraction of sp³-hybridized carbons (Fsp3) is 0.618. The van der Waals surface area contributed by atoms with Crippen LogP contribution in [-0.2, 0) is 20.9 Å². The average Bonchev–Trinajstić information content (AvgIpc) is 4.00. The molecule has 2 aromatic rings. The van der Waals surface area contributed by atoms with Crippen molar-refractivity contribution in [1.82, 2.24) is 30.2 Å². The maximum absolute atomic E-state index is 15.7. The van der Waals surface area contributed by atoms with E-state index in [1.54, 1.807) is 24.8 Å². The number of alkyl halides is 3. The molecule has 0 radical (unpaired) electrons. The molecule has 5 rings (SSSR count). The first-order chi connectivity index (χ1) is 23.2. The molecule has 268 valence electrons. The largest absolute Gasteiger partial charge is 0.408 e. The number of nitrogens with zero attached hydrogens (tertiary/aromatic N) is 4. The van der Waals surface area contributed by atoms with Crippen LogP contribution in [0.4, 0.5) is 23.2 Å². The van der Waals surface area contributed by atoms with E-state index in [9.17, 15) is 32.3 Å². The van der Waals surface area contributed by atoms with Gasteiger partial charge in [0.05, 0.1) is 5.69 Å². The molecule has 0 spiro atoms. The monoisotopic (exact) mass is 691 g/mol. The summed E-state index contributed by atoms with van der Waals surface area (Å²) in [6.45, 7) is 5.63. The number of aromatic nitrogens is 2. The predicted molar refractivity (Wildman–Crippen MR) is 173 cm³/mol. The van der Waals surface area contributed by atoms with Crippen LogP contribution in [0.15, 0.2) is 30.5 Å². The third-order valence-electron chi connectivity index (χ3n) is 10.0. The first kappa shape index (κ1) is 36.3. The highest BCUT2D eigenvalue weighted by Gasteiger charge is 2.48. The van der Waals surface area contributed by atoms with Crippen LogP contribution in [0.2, 0.25) is 0 Å². The van der Waals surface area contributed by atoms with Crippen LogP contribution in [0.1, 0.15) is 74.8 Å². The van der Waals surface area contributed by atoms with Gasteiger partial charge in [-0.05, 0) is 81.2 Å². The van der Waals surface area contributed by atoms with Crippen LogP contribution >= 0.6 is 0 Å². The van der Waals surface area contributed by atoms with Crippen molar-refractivity contribution < 1.29 is 36.7 Å². The fourth-order valence-electron chi connectivity index (χ4n) is 6.70. The van der Waals surface area contributed by atoms with Gasteiger partial charge in [-0.3, -0.25) is 23.9 Å². The number of carbonyl (C=O) groups excluding carboxylic acids is 4. The van der Waals surface area contributed by atoms with Crippen molar-refractivity contribution in [3.05, 3.63) is 47.5 Å². The lowest BCUT2D eigenvalue weighted by Gasteiger charge is -2.40. The van der Waals surface area contributed by atoms with Crippen LogP contribution in [0.3, 0.4) is 0 Å². The summed E-state index contributed by atoms with van der Waals surface area (Å²) in [5, 5.41) is 11.7. The molecule has 49 heavy (non-hydrogen) atoms. The minimum Gasteiger partial charge on any atom is -0.344 e. The Labute approximate surface area is 283 Å². The predicted octanol–water partition coefficient (Wildman–Crippen LogP) is 3.92. The van der Waals surface area contributed by atoms with Crippen molar-refractivity contribution >= 4 is 29.3 Å². The van der Waals surface area contributed by atoms with E-state index in [-0.39, 0.29) is 53.4 Å². The number of piperazine rings is 1. The smallest absolute Gasteiger partial charge is 0.344 e. The summed E-state index contributed by atoms with van der Waals surface area (Å²) in [6.07, 6.45) is 0.0706. The zero-order chi connectivity index (χ0) is 35.6. The molecule has 3 fully saturated rings. The second-order valence-electron chi connectivity index (χ2n) is 13.7. The number of hydrogen-bond donors (Lipinski definition) is 3. The van der Waals surface area contributed by atoms with E-state index in [1.165, 1.54) is 12.1 Å². The molecule has 1 aromatic heterocycles. The first-order valence-corrected chi connectivity index (χ1v) is 16.9. The SMILES string of the molecule is CCC(=O)N[C@@H](C(=O)N1CCN(C)[C@H](C)C1)[C@@H](C)c1ccc(NC(=O)[C@@H](NC(=O)c2ccnn2CC(F)(F)F)C(C2CC2)C2CC2)c(F)c1. The standard InChI is InChI=1S/C34H45F4N7O4/c1-5-27(46)41-29(33(49)44-15-14-43(4)19(2)17-44)20(3)23-10-11-25(24(35)16-23)40-32(48)30(28(21-6-7-21)22-8-9-22)42-31(47)26-12-13-39-45(26)18-34(36,37)38/h10-13,16,19-22,28-30H,5-9,14-15,17-18H2,1-4H3,(H,40,48)(H,41,46)(H,42,47)/t19-,20+,29-,30+/m1/s1. The molecule has 4 atom stereocenters. The lowest BCUT2D eigenvalue weighted by Crippen LogP contribution is -2.58. The van der Waals surface area contributed by atoms with Crippen molar-refractivity contribution in [3.63, 3.8) is 0 Å². The van der Waals surface area contributed by atoms with E-state index in [2.05, 4.69) is 25.9 Å². The van der Waals surface area contributed by atoms with Gasteiger partial charge < -0.3 is 25.8 Å². The maximum Gasteiger partial charge on any atom is 0.408 e. The lowest BCUT2D eigenvalue weighted by molar-refractivity contribution is -0.142. The van der Waals surface area contributed by atoms with Gasteiger partial charge in [-0.1, -0.05) is 19.9 Å². The number of carbonyl (C=O) groups is 4. The molecule has 1 aliphatic heterocycles. The van der Waals surface area contributed by atoms with E-state index in [4.69, 9.17) is 0 Å². The van der Waals surface area contributed by atoms with Crippen molar-refractivity contribution in [2.45, 2.75) is 89.6 Å². The summed E-state index contributed by atoms with van der Waals surface area (Å²) >= 11 is 0. The topological polar surface area (TPSA) is 129 Å². The van der Waals surface area contributed by atoms with E-state index in [0.717, 1.165) is 37.9 Å². The van der Waals surface area contributed by atoms with E-state index in [1.807, 2.05) is 14.0 Å². The molecule has 2 saturated carbocycles. The maximum atomic E-state index is 15.7. The van der Waals surface area contributed by atoms with Gasteiger partial charge in [0, 0.05) is 44.2 Å². The number of anilines is 1. The Kier molecular flexibility index (Phi) is 11.0. The third-order valence-corrected chi connectivity index (χ3v) is 10.0. The Bertz CT molecular complexity index is 1530. The van der Waals surface area contributed by atoms with Gasteiger partial charge in [0.2, 0.25) is 17.7 Å². The van der Waals surface area contributed by atoms with Crippen molar-refractivity contribution in [2.24, 2.45) is 17.8 Å². The van der Waals surface area contributed by atoms with Gasteiger partial charge >= 0.3 is 6.18 Å². The molecular weight excluding hydrogens is 646 g/mol. The number of amides is 4. The molecule has 3 aliphatic rings. The van der Waals surface area contributed by atoms with Crippen molar-refractivity contribution in [3.8, 4) is 0 Å². The highest BCUT2D eigenvalue weighted by atomic mass is 19.4. The quantitative estimate of drug-likeness (QED) is 0.274. The van der Waals surface area contributed by atoms with Gasteiger partial charge in [-0.15, -0.1) is 0 Å². The van der Waals surface area contributed by atoms with Crippen LogP contribution in [0.5, 0.6) is 0 Å². The van der Waals surface area contributed by atoms with Gasteiger partial charge in [-0.25, -0.2) is 4.39 Å². The minimum atomic E-state index is -4.61. The van der Waals surface area contributed by atoms with Crippen LogP contribution in [0, 0.1) is 23.6 Å². The molecule has 0 bridgehead atoms. The minimum absolute atomic E-state index is 0.131. The number of halogens is 4. The number of benzene rings is 1. The lowest BCUT2D eigenvalue weighted by atomic mass is 9.88. The van der Waals surface area contributed by atoms with Gasteiger partial charge in [0.25, 0.3) is 5.91 Å². The molecule has 0 unspecified atom stereocenters.